The highest BCUT2D eigenvalue weighted by atomic mass is 16.6. The zero-order valence-corrected chi connectivity index (χ0v) is 26.4. The SMILES string of the molecule is CCCCCCCCCCCCOCCOCCOCCOCCOC(=O)c1ccc(C(=O)c2ccc(NC)cc2)cc1. The van der Waals surface area contributed by atoms with E-state index in [1.165, 1.54) is 57.8 Å². The maximum atomic E-state index is 12.6. The lowest BCUT2D eigenvalue weighted by molar-refractivity contribution is -0.00914. The van der Waals surface area contributed by atoms with Gasteiger partial charge in [0.15, 0.2) is 5.78 Å². The number of anilines is 1. The van der Waals surface area contributed by atoms with E-state index in [-0.39, 0.29) is 19.0 Å². The first kappa shape index (κ1) is 36.4. The molecule has 2 aromatic rings. The predicted molar refractivity (Wildman–Crippen MR) is 171 cm³/mol. The molecule has 0 bridgehead atoms. The largest absolute Gasteiger partial charge is 0.460 e. The van der Waals surface area contributed by atoms with E-state index in [1.807, 2.05) is 19.2 Å². The first-order valence-electron chi connectivity index (χ1n) is 16.1. The van der Waals surface area contributed by atoms with Gasteiger partial charge in [0, 0.05) is 30.5 Å². The molecule has 2 rings (SSSR count). The average molecular weight is 600 g/mol. The highest BCUT2D eigenvalue weighted by molar-refractivity contribution is 6.09. The van der Waals surface area contributed by atoms with Crippen LogP contribution in [0.2, 0.25) is 0 Å². The molecule has 0 spiro atoms. The Morgan fingerprint density at radius 2 is 0.907 bits per heavy atom. The van der Waals surface area contributed by atoms with E-state index in [2.05, 4.69) is 12.2 Å². The molecule has 0 unspecified atom stereocenters. The number of ketones is 1. The summed E-state index contributed by atoms with van der Waals surface area (Å²) in [7, 11) is 1.82. The van der Waals surface area contributed by atoms with Gasteiger partial charge >= 0.3 is 5.97 Å². The topological polar surface area (TPSA) is 92.3 Å². The van der Waals surface area contributed by atoms with E-state index in [9.17, 15) is 9.59 Å². The predicted octanol–water partition coefficient (Wildman–Crippen LogP) is 7.10. The van der Waals surface area contributed by atoms with Crippen LogP contribution in [-0.2, 0) is 23.7 Å². The Bertz CT molecular complexity index is 979. The third-order valence-corrected chi connectivity index (χ3v) is 7.04. The summed E-state index contributed by atoms with van der Waals surface area (Å²) in [6, 6.07) is 13.7. The van der Waals surface area contributed by atoms with Crippen molar-refractivity contribution in [3.63, 3.8) is 0 Å². The highest BCUT2D eigenvalue weighted by Gasteiger charge is 2.12. The number of esters is 1. The van der Waals surface area contributed by atoms with Gasteiger partial charge in [-0.25, -0.2) is 4.79 Å². The number of hydrogen-bond acceptors (Lipinski definition) is 8. The molecule has 2 aromatic carbocycles. The van der Waals surface area contributed by atoms with Crippen molar-refractivity contribution in [2.75, 3.05) is 71.8 Å². The monoisotopic (exact) mass is 599 g/mol. The molecule has 43 heavy (non-hydrogen) atoms. The van der Waals surface area contributed by atoms with Crippen LogP contribution in [0.1, 0.15) is 97.4 Å². The smallest absolute Gasteiger partial charge is 0.338 e. The Morgan fingerprint density at radius 1 is 0.512 bits per heavy atom. The van der Waals surface area contributed by atoms with Gasteiger partial charge in [-0.3, -0.25) is 4.79 Å². The molecule has 0 saturated heterocycles. The van der Waals surface area contributed by atoms with Gasteiger partial charge in [0.05, 0.1) is 51.8 Å². The standard InChI is InChI=1S/C35H53NO7/c1-3-4-5-6-7-8-9-10-11-12-21-39-22-23-40-24-25-41-26-27-42-28-29-43-35(38)32-15-13-30(14-16-32)34(37)31-17-19-33(36-2)20-18-31/h13-20,36H,3-12,21-29H2,1-2H3. The number of ether oxygens (including phenoxy) is 5. The zero-order chi connectivity index (χ0) is 30.8. The van der Waals surface area contributed by atoms with Crippen molar-refractivity contribution in [3.8, 4) is 0 Å². The molecule has 1 N–H and O–H groups in total. The Hall–Kier alpha value is -2.78. The fourth-order valence-corrected chi connectivity index (χ4v) is 4.44. The highest BCUT2D eigenvalue weighted by Crippen LogP contribution is 2.15. The number of rotatable bonds is 27. The quantitative estimate of drug-likeness (QED) is 0.0660. The normalized spacial score (nSPS) is 11.0. The molecule has 0 aliphatic carbocycles. The van der Waals surface area contributed by atoms with Crippen molar-refractivity contribution in [1.82, 2.24) is 0 Å². The fourth-order valence-electron chi connectivity index (χ4n) is 4.44. The van der Waals surface area contributed by atoms with E-state index in [0.29, 0.717) is 56.3 Å². The summed E-state index contributed by atoms with van der Waals surface area (Å²) >= 11 is 0. The van der Waals surface area contributed by atoms with Crippen LogP contribution in [-0.4, -0.2) is 78.3 Å². The molecule has 0 fully saturated rings. The lowest BCUT2D eigenvalue weighted by atomic mass is 10.0. The van der Waals surface area contributed by atoms with Crippen LogP contribution < -0.4 is 5.32 Å². The lowest BCUT2D eigenvalue weighted by Crippen LogP contribution is -2.14. The second-order valence-corrected chi connectivity index (χ2v) is 10.5. The first-order chi connectivity index (χ1) is 21.2. The minimum Gasteiger partial charge on any atom is -0.460 e. The van der Waals surface area contributed by atoms with Gasteiger partial charge in [0.1, 0.15) is 6.61 Å². The zero-order valence-electron chi connectivity index (χ0n) is 26.4. The van der Waals surface area contributed by atoms with E-state index in [0.717, 1.165) is 18.7 Å². The minimum absolute atomic E-state index is 0.103. The van der Waals surface area contributed by atoms with Crippen molar-refractivity contribution in [2.24, 2.45) is 0 Å². The molecule has 0 aliphatic rings. The number of hydrogen-bond donors (Lipinski definition) is 1. The molecule has 8 heteroatoms. The number of carbonyl (C=O) groups is 2. The third-order valence-electron chi connectivity index (χ3n) is 7.04. The van der Waals surface area contributed by atoms with E-state index in [4.69, 9.17) is 23.7 Å². The Kier molecular flexibility index (Phi) is 20.9. The van der Waals surface area contributed by atoms with Crippen molar-refractivity contribution in [3.05, 3.63) is 65.2 Å². The number of benzene rings is 2. The first-order valence-corrected chi connectivity index (χ1v) is 16.1. The summed E-state index contributed by atoms with van der Waals surface area (Å²) in [4.78, 5) is 24.9. The van der Waals surface area contributed by atoms with Crippen LogP contribution in [0, 0.1) is 0 Å². The Morgan fingerprint density at radius 3 is 1.40 bits per heavy atom. The minimum atomic E-state index is -0.457. The maximum absolute atomic E-state index is 12.6. The molecule has 0 amide bonds. The summed E-state index contributed by atoms with van der Waals surface area (Å²) in [6.07, 6.45) is 13.3. The molecular weight excluding hydrogens is 546 g/mol. The second kappa shape index (κ2) is 24.6. The van der Waals surface area contributed by atoms with Crippen LogP contribution in [0.3, 0.4) is 0 Å². The molecular formula is C35H53NO7. The van der Waals surface area contributed by atoms with Crippen LogP contribution in [0.25, 0.3) is 0 Å². The van der Waals surface area contributed by atoms with Crippen LogP contribution in [0.15, 0.2) is 48.5 Å². The average Bonchev–Trinajstić information content (AvgIpc) is 3.04. The van der Waals surface area contributed by atoms with Crippen molar-refractivity contribution in [2.45, 2.75) is 71.1 Å². The van der Waals surface area contributed by atoms with Gasteiger partial charge < -0.3 is 29.0 Å². The van der Waals surface area contributed by atoms with Crippen LogP contribution in [0.4, 0.5) is 5.69 Å². The van der Waals surface area contributed by atoms with Gasteiger partial charge in [-0.1, -0.05) is 76.8 Å². The number of carbonyl (C=O) groups excluding carboxylic acids is 2. The van der Waals surface area contributed by atoms with E-state index in [1.54, 1.807) is 36.4 Å². The summed E-state index contributed by atoms with van der Waals surface area (Å²) in [5.74, 6) is -0.560. The van der Waals surface area contributed by atoms with Crippen molar-refractivity contribution in [1.29, 1.82) is 0 Å². The second-order valence-electron chi connectivity index (χ2n) is 10.5. The van der Waals surface area contributed by atoms with Gasteiger partial charge in [-0.15, -0.1) is 0 Å². The van der Waals surface area contributed by atoms with Gasteiger partial charge in [-0.05, 0) is 42.8 Å². The van der Waals surface area contributed by atoms with Gasteiger partial charge in [0.2, 0.25) is 0 Å². The van der Waals surface area contributed by atoms with Crippen LogP contribution in [0.5, 0.6) is 0 Å². The Labute approximate surface area is 258 Å². The molecule has 240 valence electrons. The molecule has 0 radical (unpaired) electrons. The number of unbranched alkanes of at least 4 members (excludes halogenated alkanes) is 9. The molecule has 0 atom stereocenters. The van der Waals surface area contributed by atoms with E-state index >= 15 is 0 Å². The molecule has 8 nitrogen and oxygen atoms in total. The number of nitrogens with one attached hydrogen (secondary N) is 1. The molecule has 0 saturated carbocycles. The maximum Gasteiger partial charge on any atom is 0.338 e. The summed E-state index contributed by atoms with van der Waals surface area (Å²) in [5, 5.41) is 3.02. The van der Waals surface area contributed by atoms with E-state index < -0.39 is 5.97 Å². The van der Waals surface area contributed by atoms with Gasteiger partial charge in [0.25, 0.3) is 0 Å². The molecule has 0 aromatic heterocycles. The summed E-state index contributed by atoms with van der Waals surface area (Å²) in [6.45, 7) is 6.55. The van der Waals surface area contributed by atoms with Crippen LogP contribution >= 0.6 is 0 Å². The lowest BCUT2D eigenvalue weighted by Gasteiger charge is -2.08. The Balaban J connectivity index is 1.35. The summed E-state index contributed by atoms with van der Waals surface area (Å²) < 4.78 is 27.4. The third kappa shape index (κ3) is 17.2. The summed E-state index contributed by atoms with van der Waals surface area (Å²) in [5.41, 5.74) is 2.41. The fraction of sp³-hybridized carbons (Fsp3) is 0.600. The van der Waals surface area contributed by atoms with Crippen molar-refractivity contribution < 1.29 is 33.3 Å². The van der Waals surface area contributed by atoms with Crippen molar-refractivity contribution >= 4 is 17.4 Å². The molecule has 0 heterocycles. The molecule has 0 aliphatic heterocycles. The van der Waals surface area contributed by atoms with Gasteiger partial charge in [-0.2, -0.15) is 0 Å².